The number of amides is 2. The fourth-order valence-corrected chi connectivity index (χ4v) is 3.25. The van der Waals surface area contributed by atoms with Crippen molar-refractivity contribution in [1.29, 1.82) is 0 Å². The van der Waals surface area contributed by atoms with E-state index in [4.69, 9.17) is 11.6 Å². The van der Waals surface area contributed by atoms with Crippen molar-refractivity contribution in [3.8, 4) is 0 Å². The van der Waals surface area contributed by atoms with Crippen molar-refractivity contribution in [2.75, 3.05) is 26.2 Å². The number of piperazine rings is 1. The number of hydrogen-bond donors (Lipinski definition) is 0. The molecule has 0 bridgehead atoms. The molecule has 0 atom stereocenters. The van der Waals surface area contributed by atoms with Gasteiger partial charge in [0.05, 0.1) is 10.7 Å². The van der Waals surface area contributed by atoms with Crippen LogP contribution < -0.4 is 0 Å². The molecule has 1 aromatic heterocycles. The van der Waals surface area contributed by atoms with E-state index in [9.17, 15) is 22.8 Å². The number of aromatic nitrogens is 2. The Morgan fingerprint density at radius 3 is 2.18 bits per heavy atom. The van der Waals surface area contributed by atoms with Crippen LogP contribution in [0.25, 0.3) is 0 Å². The summed E-state index contributed by atoms with van der Waals surface area (Å²) in [7, 11) is 0. The van der Waals surface area contributed by atoms with Crippen LogP contribution in [0.3, 0.4) is 0 Å². The highest BCUT2D eigenvalue weighted by molar-refractivity contribution is 6.32. The second-order valence-electron chi connectivity index (χ2n) is 6.44. The first kappa shape index (κ1) is 20.2. The van der Waals surface area contributed by atoms with Gasteiger partial charge in [-0.3, -0.25) is 14.3 Å². The Bertz CT molecular complexity index is 875. The van der Waals surface area contributed by atoms with Crippen molar-refractivity contribution >= 4 is 23.4 Å². The molecule has 2 amide bonds. The van der Waals surface area contributed by atoms with E-state index in [1.807, 2.05) is 6.07 Å². The lowest BCUT2D eigenvalue weighted by Crippen LogP contribution is -2.51. The van der Waals surface area contributed by atoms with Crippen LogP contribution in [0.15, 0.2) is 30.3 Å². The molecule has 1 saturated heterocycles. The molecule has 28 heavy (non-hydrogen) atoms. The highest BCUT2D eigenvalue weighted by Crippen LogP contribution is 2.35. The van der Waals surface area contributed by atoms with Crippen molar-refractivity contribution in [1.82, 2.24) is 19.6 Å². The van der Waals surface area contributed by atoms with Crippen molar-refractivity contribution in [2.45, 2.75) is 19.6 Å². The smallest absolute Gasteiger partial charge is 0.338 e. The van der Waals surface area contributed by atoms with Gasteiger partial charge in [-0.1, -0.05) is 29.8 Å². The molecule has 0 spiro atoms. The van der Waals surface area contributed by atoms with E-state index < -0.39 is 16.9 Å². The van der Waals surface area contributed by atoms with Gasteiger partial charge in [-0.15, -0.1) is 0 Å². The Kier molecular flexibility index (Phi) is 5.64. The standard InChI is InChI=1S/C18H18ClF3N4O2/c1-12-15(19)16(18(20,21)22)23-26(12)11-14(27)24-7-9-25(10-8-24)17(28)13-5-3-2-4-6-13/h2-6H,7-11H2,1H3. The zero-order valence-corrected chi connectivity index (χ0v) is 15.8. The van der Waals surface area contributed by atoms with Crippen LogP contribution in [-0.2, 0) is 17.5 Å². The fourth-order valence-electron chi connectivity index (χ4n) is 3.01. The Labute approximate surface area is 164 Å². The molecule has 1 aliphatic rings. The third kappa shape index (κ3) is 4.14. The number of carbonyl (C=O) groups excluding carboxylic acids is 2. The highest BCUT2D eigenvalue weighted by Gasteiger charge is 2.38. The molecule has 1 aliphatic heterocycles. The first-order valence-corrected chi connectivity index (χ1v) is 8.98. The average molecular weight is 415 g/mol. The van der Waals surface area contributed by atoms with E-state index >= 15 is 0 Å². The van der Waals surface area contributed by atoms with Crippen LogP contribution in [-0.4, -0.2) is 57.6 Å². The Balaban J connectivity index is 1.61. The molecule has 0 N–H and O–H groups in total. The minimum Gasteiger partial charge on any atom is -0.338 e. The van der Waals surface area contributed by atoms with E-state index in [1.54, 1.807) is 29.2 Å². The molecule has 0 unspecified atom stereocenters. The average Bonchev–Trinajstić information content (AvgIpc) is 2.97. The van der Waals surface area contributed by atoms with Gasteiger partial charge in [0.15, 0.2) is 5.69 Å². The van der Waals surface area contributed by atoms with Gasteiger partial charge in [0, 0.05) is 31.7 Å². The Morgan fingerprint density at radius 1 is 1.07 bits per heavy atom. The predicted molar refractivity (Wildman–Crippen MR) is 95.9 cm³/mol. The number of alkyl halides is 3. The molecule has 6 nitrogen and oxygen atoms in total. The molecule has 0 radical (unpaired) electrons. The molecule has 150 valence electrons. The summed E-state index contributed by atoms with van der Waals surface area (Å²) < 4.78 is 39.7. The molecule has 2 aromatic rings. The highest BCUT2D eigenvalue weighted by atomic mass is 35.5. The second kappa shape index (κ2) is 7.83. The molecular formula is C18H18ClF3N4O2. The topological polar surface area (TPSA) is 58.4 Å². The summed E-state index contributed by atoms with van der Waals surface area (Å²) in [6.45, 7) is 2.36. The maximum absolute atomic E-state index is 12.9. The summed E-state index contributed by atoms with van der Waals surface area (Å²) >= 11 is 5.71. The number of halogens is 4. The third-order valence-electron chi connectivity index (χ3n) is 4.63. The molecule has 0 aliphatic carbocycles. The number of carbonyl (C=O) groups is 2. The molecule has 10 heteroatoms. The summed E-state index contributed by atoms with van der Waals surface area (Å²) in [5.74, 6) is -0.486. The van der Waals surface area contributed by atoms with Gasteiger partial charge >= 0.3 is 6.18 Å². The summed E-state index contributed by atoms with van der Waals surface area (Å²) in [5.41, 5.74) is -0.540. The number of hydrogen-bond acceptors (Lipinski definition) is 3. The summed E-state index contributed by atoms with van der Waals surface area (Å²) in [6.07, 6.45) is -4.68. The van der Waals surface area contributed by atoms with Crippen molar-refractivity contribution in [3.63, 3.8) is 0 Å². The van der Waals surface area contributed by atoms with Gasteiger partial charge in [-0.05, 0) is 19.1 Å². The predicted octanol–water partition coefficient (Wildman–Crippen LogP) is 2.85. The Hall–Kier alpha value is -2.55. The summed E-state index contributed by atoms with van der Waals surface area (Å²) in [6, 6.07) is 8.82. The largest absolute Gasteiger partial charge is 0.436 e. The van der Waals surface area contributed by atoms with Crippen LogP contribution >= 0.6 is 11.6 Å². The van der Waals surface area contributed by atoms with Crippen LogP contribution in [0.5, 0.6) is 0 Å². The van der Waals surface area contributed by atoms with Crippen molar-refractivity contribution in [3.05, 3.63) is 52.3 Å². The maximum atomic E-state index is 12.9. The van der Waals surface area contributed by atoms with E-state index in [2.05, 4.69) is 5.10 Å². The molecule has 2 heterocycles. The van der Waals surface area contributed by atoms with Gasteiger partial charge in [-0.25, -0.2) is 0 Å². The van der Waals surface area contributed by atoms with E-state index in [0.717, 1.165) is 4.68 Å². The van der Waals surface area contributed by atoms with Crippen LogP contribution in [0.4, 0.5) is 13.2 Å². The van der Waals surface area contributed by atoms with Gasteiger partial charge in [0.2, 0.25) is 5.91 Å². The van der Waals surface area contributed by atoms with Gasteiger partial charge in [-0.2, -0.15) is 18.3 Å². The molecule has 3 rings (SSSR count). The number of nitrogens with zero attached hydrogens (tertiary/aromatic N) is 4. The molecule has 0 saturated carbocycles. The lowest BCUT2D eigenvalue weighted by Gasteiger charge is -2.34. The van der Waals surface area contributed by atoms with Crippen LogP contribution in [0.2, 0.25) is 5.02 Å². The summed E-state index contributed by atoms with van der Waals surface area (Å²) in [4.78, 5) is 28.1. The molecule has 1 fully saturated rings. The minimum absolute atomic E-state index is 0.0835. The SMILES string of the molecule is Cc1c(Cl)c(C(F)(F)F)nn1CC(=O)N1CCN(C(=O)c2ccccc2)CC1. The van der Waals surface area contributed by atoms with Gasteiger partial charge in [0.25, 0.3) is 5.91 Å². The molecule has 1 aromatic carbocycles. The third-order valence-corrected chi connectivity index (χ3v) is 5.08. The van der Waals surface area contributed by atoms with E-state index in [1.165, 1.54) is 11.8 Å². The maximum Gasteiger partial charge on any atom is 0.436 e. The van der Waals surface area contributed by atoms with E-state index in [-0.39, 0.29) is 24.1 Å². The second-order valence-corrected chi connectivity index (χ2v) is 6.82. The fraction of sp³-hybridized carbons (Fsp3) is 0.389. The van der Waals surface area contributed by atoms with Crippen LogP contribution in [0.1, 0.15) is 21.7 Å². The normalized spacial score (nSPS) is 15.0. The zero-order valence-electron chi connectivity index (χ0n) is 15.0. The Morgan fingerprint density at radius 2 is 1.64 bits per heavy atom. The zero-order chi connectivity index (χ0) is 20.5. The quantitative estimate of drug-likeness (QED) is 0.776. The van der Waals surface area contributed by atoms with Crippen molar-refractivity contribution in [2.24, 2.45) is 0 Å². The van der Waals surface area contributed by atoms with E-state index in [0.29, 0.717) is 31.7 Å². The minimum atomic E-state index is -4.68. The first-order valence-electron chi connectivity index (χ1n) is 8.60. The van der Waals surface area contributed by atoms with Gasteiger partial charge in [0.1, 0.15) is 6.54 Å². The summed E-state index contributed by atoms with van der Waals surface area (Å²) in [5, 5.41) is 2.94. The lowest BCUT2D eigenvalue weighted by atomic mass is 10.2. The van der Waals surface area contributed by atoms with Crippen LogP contribution in [0, 0.1) is 6.92 Å². The molecular weight excluding hydrogens is 397 g/mol. The van der Waals surface area contributed by atoms with Gasteiger partial charge < -0.3 is 9.80 Å². The number of rotatable bonds is 3. The lowest BCUT2D eigenvalue weighted by molar-refractivity contribution is -0.142. The first-order chi connectivity index (χ1) is 13.2. The number of benzene rings is 1. The monoisotopic (exact) mass is 414 g/mol. The van der Waals surface area contributed by atoms with Crippen molar-refractivity contribution < 1.29 is 22.8 Å².